The number of carbonyl (C=O) groups is 1. The van der Waals surface area contributed by atoms with Crippen LogP contribution in [0.5, 0.6) is 0 Å². The fourth-order valence-electron chi connectivity index (χ4n) is 2.07. The predicted molar refractivity (Wildman–Crippen MR) is 80.8 cm³/mol. The highest BCUT2D eigenvalue weighted by Crippen LogP contribution is 2.26. The summed E-state index contributed by atoms with van der Waals surface area (Å²) >= 11 is 0. The Balaban J connectivity index is 1.93. The first-order chi connectivity index (χ1) is 10.6. The number of amides is 1. The molecule has 0 saturated carbocycles. The van der Waals surface area contributed by atoms with Crippen LogP contribution in [-0.2, 0) is 7.05 Å². The summed E-state index contributed by atoms with van der Waals surface area (Å²) in [5.74, 6) is -0.0545. The average Bonchev–Trinajstić information content (AvgIpc) is 2.90. The smallest absolute Gasteiger partial charge is 0.258 e. The minimum absolute atomic E-state index is 0.278. The maximum absolute atomic E-state index is 13.0. The molecule has 1 N–H and O–H groups in total. The molecule has 0 atom stereocenters. The molecule has 0 radical (unpaired) electrons. The second kappa shape index (κ2) is 5.77. The molecule has 1 amide bonds. The van der Waals surface area contributed by atoms with Crippen molar-refractivity contribution in [1.29, 1.82) is 0 Å². The molecule has 3 aromatic rings. The maximum Gasteiger partial charge on any atom is 0.258 e. The maximum atomic E-state index is 13.0. The van der Waals surface area contributed by atoms with Gasteiger partial charge in [0.1, 0.15) is 17.3 Å². The number of pyridine rings is 1. The molecule has 0 bridgehead atoms. The van der Waals surface area contributed by atoms with E-state index in [2.05, 4.69) is 15.3 Å². The Kier molecular flexibility index (Phi) is 3.65. The standard InChI is InChI=1S/C16H13FN4O/c1-21-10-19-14(11-4-6-13(17)7-5-11)15(21)20-16(22)12-3-2-8-18-9-12/h2-10H,1H3,(H,20,22). The first-order valence-electron chi connectivity index (χ1n) is 6.64. The van der Waals surface area contributed by atoms with Crippen molar-refractivity contribution in [1.82, 2.24) is 14.5 Å². The topological polar surface area (TPSA) is 59.8 Å². The van der Waals surface area contributed by atoms with Crippen molar-refractivity contribution in [2.24, 2.45) is 7.05 Å². The molecule has 0 aliphatic carbocycles. The molecule has 0 aliphatic rings. The molecule has 0 saturated heterocycles. The van der Waals surface area contributed by atoms with Crippen LogP contribution in [0.15, 0.2) is 55.1 Å². The van der Waals surface area contributed by atoms with Crippen LogP contribution in [0.25, 0.3) is 11.3 Å². The zero-order valence-corrected chi connectivity index (χ0v) is 11.8. The summed E-state index contributed by atoms with van der Waals surface area (Å²) in [5, 5.41) is 2.82. The van der Waals surface area contributed by atoms with Crippen LogP contribution in [0.1, 0.15) is 10.4 Å². The Morgan fingerprint density at radius 2 is 2.00 bits per heavy atom. The zero-order valence-electron chi connectivity index (χ0n) is 11.8. The first kappa shape index (κ1) is 13.9. The molecule has 6 heteroatoms. The van der Waals surface area contributed by atoms with Gasteiger partial charge in [0, 0.05) is 25.0 Å². The number of aromatic nitrogens is 3. The molecular formula is C16H13FN4O. The molecule has 22 heavy (non-hydrogen) atoms. The number of hydrogen-bond acceptors (Lipinski definition) is 3. The van der Waals surface area contributed by atoms with Gasteiger partial charge in [-0.15, -0.1) is 0 Å². The Morgan fingerprint density at radius 1 is 1.23 bits per heavy atom. The number of aryl methyl sites for hydroxylation is 1. The van der Waals surface area contributed by atoms with E-state index in [4.69, 9.17) is 0 Å². The normalized spacial score (nSPS) is 10.5. The van der Waals surface area contributed by atoms with Gasteiger partial charge in [0.05, 0.1) is 11.9 Å². The van der Waals surface area contributed by atoms with Gasteiger partial charge in [-0.25, -0.2) is 9.37 Å². The summed E-state index contributed by atoms with van der Waals surface area (Å²) in [5.41, 5.74) is 1.76. The van der Waals surface area contributed by atoms with Gasteiger partial charge in [-0.2, -0.15) is 0 Å². The molecule has 1 aromatic carbocycles. The van der Waals surface area contributed by atoms with Gasteiger partial charge < -0.3 is 9.88 Å². The van der Waals surface area contributed by atoms with E-state index < -0.39 is 0 Å². The molecular weight excluding hydrogens is 283 g/mol. The van der Waals surface area contributed by atoms with E-state index in [1.165, 1.54) is 18.3 Å². The molecule has 0 spiro atoms. The van der Waals surface area contributed by atoms with E-state index in [0.717, 1.165) is 5.56 Å². The minimum atomic E-state index is -0.319. The lowest BCUT2D eigenvalue weighted by Gasteiger charge is -2.08. The lowest BCUT2D eigenvalue weighted by Crippen LogP contribution is -2.14. The Bertz CT molecular complexity index is 797. The second-order valence-corrected chi connectivity index (χ2v) is 4.76. The highest BCUT2D eigenvalue weighted by molar-refractivity contribution is 6.05. The van der Waals surface area contributed by atoms with Crippen LogP contribution in [0.2, 0.25) is 0 Å². The lowest BCUT2D eigenvalue weighted by molar-refractivity contribution is 0.102. The Labute approximate surface area is 126 Å². The van der Waals surface area contributed by atoms with E-state index in [9.17, 15) is 9.18 Å². The minimum Gasteiger partial charge on any atom is -0.320 e. The number of halogens is 1. The van der Waals surface area contributed by atoms with Gasteiger partial charge in [-0.05, 0) is 36.4 Å². The van der Waals surface area contributed by atoms with Gasteiger partial charge in [-0.1, -0.05) is 0 Å². The third kappa shape index (κ3) is 2.71. The van der Waals surface area contributed by atoms with Crippen molar-refractivity contribution in [3.63, 3.8) is 0 Å². The molecule has 5 nitrogen and oxygen atoms in total. The fraction of sp³-hybridized carbons (Fsp3) is 0.0625. The number of benzene rings is 1. The number of hydrogen-bond donors (Lipinski definition) is 1. The summed E-state index contributed by atoms with van der Waals surface area (Å²) in [6.45, 7) is 0. The van der Waals surface area contributed by atoms with E-state index in [1.54, 1.807) is 48.4 Å². The summed E-state index contributed by atoms with van der Waals surface area (Å²) < 4.78 is 14.7. The highest BCUT2D eigenvalue weighted by Gasteiger charge is 2.15. The molecule has 0 aliphatic heterocycles. The third-order valence-electron chi connectivity index (χ3n) is 3.21. The van der Waals surface area contributed by atoms with E-state index >= 15 is 0 Å². The lowest BCUT2D eigenvalue weighted by atomic mass is 10.1. The van der Waals surface area contributed by atoms with Gasteiger partial charge in [0.2, 0.25) is 0 Å². The van der Waals surface area contributed by atoms with Crippen molar-refractivity contribution in [2.75, 3.05) is 5.32 Å². The zero-order chi connectivity index (χ0) is 15.5. The van der Waals surface area contributed by atoms with Crippen molar-refractivity contribution in [3.05, 3.63) is 66.5 Å². The van der Waals surface area contributed by atoms with Crippen LogP contribution in [0, 0.1) is 5.82 Å². The summed E-state index contributed by atoms with van der Waals surface area (Å²) in [4.78, 5) is 20.4. The molecule has 2 heterocycles. The third-order valence-corrected chi connectivity index (χ3v) is 3.21. The van der Waals surface area contributed by atoms with Gasteiger partial charge >= 0.3 is 0 Å². The van der Waals surface area contributed by atoms with Crippen molar-refractivity contribution in [3.8, 4) is 11.3 Å². The molecule has 3 rings (SSSR count). The molecule has 110 valence electrons. The van der Waals surface area contributed by atoms with Crippen LogP contribution < -0.4 is 5.32 Å². The molecule has 0 unspecified atom stereocenters. The van der Waals surface area contributed by atoms with E-state index in [-0.39, 0.29) is 11.7 Å². The van der Waals surface area contributed by atoms with Crippen molar-refractivity contribution >= 4 is 11.7 Å². The van der Waals surface area contributed by atoms with Gasteiger partial charge in [0.15, 0.2) is 0 Å². The largest absolute Gasteiger partial charge is 0.320 e. The average molecular weight is 296 g/mol. The number of nitrogens with one attached hydrogen (secondary N) is 1. The Morgan fingerprint density at radius 3 is 2.68 bits per heavy atom. The van der Waals surface area contributed by atoms with Crippen LogP contribution in [-0.4, -0.2) is 20.4 Å². The number of rotatable bonds is 3. The first-order valence-corrected chi connectivity index (χ1v) is 6.64. The summed E-state index contributed by atoms with van der Waals surface area (Å²) in [6.07, 6.45) is 4.69. The fourth-order valence-corrected chi connectivity index (χ4v) is 2.07. The second-order valence-electron chi connectivity index (χ2n) is 4.76. The number of anilines is 1. The van der Waals surface area contributed by atoms with Gasteiger partial charge in [-0.3, -0.25) is 9.78 Å². The van der Waals surface area contributed by atoms with Crippen molar-refractivity contribution in [2.45, 2.75) is 0 Å². The monoisotopic (exact) mass is 296 g/mol. The van der Waals surface area contributed by atoms with Crippen LogP contribution in [0.3, 0.4) is 0 Å². The number of carbonyl (C=O) groups excluding carboxylic acids is 1. The Hall–Kier alpha value is -3.02. The summed E-state index contributed by atoms with van der Waals surface area (Å²) in [7, 11) is 1.78. The quantitative estimate of drug-likeness (QED) is 0.808. The van der Waals surface area contributed by atoms with E-state index in [1.807, 2.05) is 0 Å². The number of nitrogens with zero attached hydrogens (tertiary/aromatic N) is 3. The van der Waals surface area contributed by atoms with Crippen molar-refractivity contribution < 1.29 is 9.18 Å². The van der Waals surface area contributed by atoms with Crippen LogP contribution in [0.4, 0.5) is 10.2 Å². The molecule has 2 aromatic heterocycles. The van der Waals surface area contributed by atoms with Gasteiger partial charge in [0.25, 0.3) is 5.91 Å². The SMILES string of the molecule is Cn1cnc(-c2ccc(F)cc2)c1NC(=O)c1cccnc1. The predicted octanol–water partition coefficient (Wildman–Crippen LogP) is 2.87. The highest BCUT2D eigenvalue weighted by atomic mass is 19.1. The van der Waals surface area contributed by atoms with E-state index in [0.29, 0.717) is 17.1 Å². The van der Waals surface area contributed by atoms with Crippen LogP contribution >= 0.6 is 0 Å². The number of imidazole rings is 1. The molecule has 0 fully saturated rings. The summed E-state index contributed by atoms with van der Waals surface area (Å²) in [6, 6.07) is 9.33.